The van der Waals surface area contributed by atoms with E-state index in [1.54, 1.807) is 16.8 Å². The van der Waals surface area contributed by atoms with Crippen LogP contribution in [-0.4, -0.2) is 47.5 Å². The molecule has 0 saturated carbocycles. The molecule has 0 aliphatic rings. The lowest BCUT2D eigenvalue weighted by Gasteiger charge is -2.08. The number of halogens is 1. The van der Waals surface area contributed by atoms with Crippen LogP contribution in [0.1, 0.15) is 28.3 Å². The third-order valence-corrected chi connectivity index (χ3v) is 4.78. The van der Waals surface area contributed by atoms with Gasteiger partial charge in [-0.15, -0.1) is 10.2 Å². The predicted octanol–water partition coefficient (Wildman–Crippen LogP) is 3.44. The summed E-state index contributed by atoms with van der Waals surface area (Å²) >= 11 is 6.17. The number of rotatable bonds is 7. The minimum Gasteiger partial charge on any atom is -0.461 e. The van der Waals surface area contributed by atoms with E-state index in [0.29, 0.717) is 24.6 Å². The number of tetrazole rings is 1. The van der Waals surface area contributed by atoms with Crippen molar-refractivity contribution >= 4 is 17.6 Å². The van der Waals surface area contributed by atoms with Crippen molar-refractivity contribution in [1.82, 2.24) is 35.0 Å². The van der Waals surface area contributed by atoms with Gasteiger partial charge in [-0.3, -0.25) is 0 Å². The van der Waals surface area contributed by atoms with Gasteiger partial charge in [0.2, 0.25) is 5.82 Å². The monoisotopic (exact) mass is 437 g/mol. The van der Waals surface area contributed by atoms with Crippen molar-refractivity contribution < 1.29 is 9.53 Å². The van der Waals surface area contributed by atoms with Gasteiger partial charge in [0.1, 0.15) is 0 Å². The Balaban J connectivity index is 1.35. The van der Waals surface area contributed by atoms with Crippen molar-refractivity contribution in [3.05, 3.63) is 70.6 Å². The number of carbonyl (C=O) groups excluding carboxylic acids is 1. The van der Waals surface area contributed by atoms with Crippen LogP contribution in [0.15, 0.2) is 48.5 Å². The molecule has 1 aromatic carbocycles. The molecular formula is C21H20ClN7O2. The average Bonchev–Trinajstić information content (AvgIpc) is 3.38. The van der Waals surface area contributed by atoms with Gasteiger partial charge in [0.15, 0.2) is 11.5 Å². The second-order valence-electron chi connectivity index (χ2n) is 6.90. The smallest absolute Gasteiger partial charge is 0.358 e. The summed E-state index contributed by atoms with van der Waals surface area (Å²) in [6, 6.07) is 14.8. The topological polar surface area (TPSA) is 101 Å². The lowest BCUT2D eigenvalue weighted by atomic mass is 10.2. The number of carbonyl (C=O) groups is 1. The number of aryl methyl sites for hydroxylation is 3. The van der Waals surface area contributed by atoms with Gasteiger partial charge in [-0.05, 0) is 37.3 Å². The second-order valence-corrected chi connectivity index (χ2v) is 7.31. The third-order valence-electron chi connectivity index (χ3n) is 4.47. The van der Waals surface area contributed by atoms with Crippen LogP contribution in [0.25, 0.3) is 17.2 Å². The minimum atomic E-state index is -0.593. The molecule has 0 aliphatic heterocycles. The summed E-state index contributed by atoms with van der Waals surface area (Å²) in [6.45, 7) is 4.43. The van der Waals surface area contributed by atoms with Crippen molar-refractivity contribution in [1.29, 1.82) is 0 Å². The van der Waals surface area contributed by atoms with Crippen LogP contribution in [0.2, 0.25) is 5.02 Å². The van der Waals surface area contributed by atoms with E-state index in [1.807, 2.05) is 50.2 Å². The molecule has 4 aromatic rings. The lowest BCUT2D eigenvalue weighted by Crippen LogP contribution is -2.13. The van der Waals surface area contributed by atoms with Crippen molar-refractivity contribution in [2.24, 2.45) is 0 Å². The Kier molecular flexibility index (Phi) is 6.03. The molecule has 0 aliphatic carbocycles. The highest BCUT2D eigenvalue weighted by molar-refractivity contribution is 6.33. The fourth-order valence-electron chi connectivity index (χ4n) is 3.03. The molecule has 0 radical (unpaired) electrons. The van der Waals surface area contributed by atoms with Gasteiger partial charge < -0.3 is 4.74 Å². The molecule has 0 atom stereocenters. The number of benzene rings is 1. The van der Waals surface area contributed by atoms with E-state index in [2.05, 4.69) is 25.5 Å². The van der Waals surface area contributed by atoms with E-state index < -0.39 is 5.97 Å². The summed E-state index contributed by atoms with van der Waals surface area (Å²) in [5, 5.41) is 17.0. The normalized spacial score (nSPS) is 10.9. The number of ether oxygens (including phenoxy) is 1. The van der Waals surface area contributed by atoms with E-state index in [1.165, 1.54) is 4.80 Å². The third kappa shape index (κ3) is 4.77. The van der Waals surface area contributed by atoms with Gasteiger partial charge >= 0.3 is 5.97 Å². The molecule has 31 heavy (non-hydrogen) atoms. The van der Waals surface area contributed by atoms with Crippen LogP contribution in [0.3, 0.4) is 0 Å². The first-order chi connectivity index (χ1) is 15.0. The Bertz CT molecular complexity index is 1200. The molecule has 10 heteroatoms. The highest BCUT2D eigenvalue weighted by Crippen LogP contribution is 2.19. The van der Waals surface area contributed by atoms with Crippen molar-refractivity contribution in [3.8, 4) is 17.2 Å². The quantitative estimate of drug-likeness (QED) is 0.322. The predicted molar refractivity (Wildman–Crippen MR) is 114 cm³/mol. The molecule has 0 bridgehead atoms. The van der Waals surface area contributed by atoms with Gasteiger partial charge in [0.25, 0.3) is 0 Å². The van der Waals surface area contributed by atoms with Crippen LogP contribution in [0.4, 0.5) is 0 Å². The lowest BCUT2D eigenvalue weighted by molar-refractivity contribution is 0.0486. The molecule has 3 heterocycles. The number of esters is 1. The summed E-state index contributed by atoms with van der Waals surface area (Å²) in [5.74, 6) is 0.460. The van der Waals surface area contributed by atoms with E-state index in [4.69, 9.17) is 16.3 Å². The van der Waals surface area contributed by atoms with Crippen molar-refractivity contribution in [2.75, 3.05) is 6.61 Å². The standard InChI is InChI=1S/C21H20ClN7O2/c1-14-13-15(2)29(25-14)18-10-9-17(22)19(23-18)21(30)31-12-6-11-28-26-20(24-27-28)16-7-4-3-5-8-16/h3-5,7-10,13H,6,11-12H2,1-2H3. The van der Waals surface area contributed by atoms with Gasteiger partial charge in [0.05, 0.1) is 23.9 Å². The molecule has 0 N–H and O–H groups in total. The average molecular weight is 438 g/mol. The first-order valence-electron chi connectivity index (χ1n) is 9.72. The first kappa shape index (κ1) is 20.7. The highest BCUT2D eigenvalue weighted by atomic mass is 35.5. The summed E-state index contributed by atoms with van der Waals surface area (Å²) in [5.41, 5.74) is 2.71. The number of aromatic nitrogens is 7. The van der Waals surface area contributed by atoms with E-state index in [9.17, 15) is 4.79 Å². The molecular weight excluding hydrogens is 418 g/mol. The van der Waals surface area contributed by atoms with Crippen LogP contribution >= 0.6 is 11.6 Å². The number of hydrogen-bond acceptors (Lipinski definition) is 7. The largest absolute Gasteiger partial charge is 0.461 e. The first-order valence-corrected chi connectivity index (χ1v) is 10.1. The molecule has 0 saturated heterocycles. The van der Waals surface area contributed by atoms with Crippen LogP contribution in [-0.2, 0) is 11.3 Å². The fourth-order valence-corrected chi connectivity index (χ4v) is 3.22. The van der Waals surface area contributed by atoms with E-state index >= 15 is 0 Å². The Labute approximate surface area is 183 Å². The zero-order valence-corrected chi connectivity index (χ0v) is 17.8. The van der Waals surface area contributed by atoms with E-state index in [-0.39, 0.29) is 17.3 Å². The second kappa shape index (κ2) is 9.05. The Hall–Kier alpha value is -3.59. The van der Waals surface area contributed by atoms with Crippen LogP contribution < -0.4 is 0 Å². The van der Waals surface area contributed by atoms with Crippen LogP contribution in [0, 0.1) is 13.8 Å². The van der Waals surface area contributed by atoms with Gasteiger partial charge in [-0.2, -0.15) is 9.90 Å². The molecule has 4 rings (SSSR count). The molecule has 0 amide bonds. The summed E-state index contributed by atoms with van der Waals surface area (Å²) < 4.78 is 7.00. The van der Waals surface area contributed by atoms with Crippen molar-refractivity contribution in [3.63, 3.8) is 0 Å². The Morgan fingerprint density at radius 2 is 1.90 bits per heavy atom. The molecule has 0 fully saturated rings. The summed E-state index contributed by atoms with van der Waals surface area (Å²) in [4.78, 5) is 18.3. The minimum absolute atomic E-state index is 0.0527. The summed E-state index contributed by atoms with van der Waals surface area (Å²) in [6.07, 6.45) is 0.519. The highest BCUT2D eigenvalue weighted by Gasteiger charge is 2.17. The van der Waals surface area contributed by atoms with Crippen molar-refractivity contribution in [2.45, 2.75) is 26.8 Å². The SMILES string of the molecule is Cc1cc(C)n(-c2ccc(Cl)c(C(=O)OCCCn3nnc(-c4ccccc4)n3)n2)n1. The Morgan fingerprint density at radius 3 is 2.65 bits per heavy atom. The summed E-state index contributed by atoms with van der Waals surface area (Å²) in [7, 11) is 0. The molecule has 3 aromatic heterocycles. The fraction of sp³-hybridized carbons (Fsp3) is 0.238. The number of nitrogens with zero attached hydrogens (tertiary/aromatic N) is 7. The van der Waals surface area contributed by atoms with Gasteiger partial charge in [0, 0.05) is 17.7 Å². The van der Waals surface area contributed by atoms with Gasteiger partial charge in [-0.25, -0.2) is 14.5 Å². The number of hydrogen-bond donors (Lipinski definition) is 0. The maximum absolute atomic E-state index is 12.5. The van der Waals surface area contributed by atoms with E-state index in [0.717, 1.165) is 17.0 Å². The molecule has 0 unspecified atom stereocenters. The maximum atomic E-state index is 12.5. The number of pyridine rings is 1. The molecule has 9 nitrogen and oxygen atoms in total. The Morgan fingerprint density at radius 1 is 1.10 bits per heavy atom. The molecule has 158 valence electrons. The zero-order chi connectivity index (χ0) is 21.8. The van der Waals surface area contributed by atoms with Gasteiger partial charge in [-0.1, -0.05) is 41.9 Å². The maximum Gasteiger partial charge on any atom is 0.358 e. The zero-order valence-electron chi connectivity index (χ0n) is 17.1. The molecule has 0 spiro atoms. The van der Waals surface area contributed by atoms with Crippen LogP contribution in [0.5, 0.6) is 0 Å².